The highest BCUT2D eigenvalue weighted by Crippen LogP contribution is 2.39. The van der Waals surface area contributed by atoms with E-state index in [9.17, 15) is 19.5 Å². The number of amides is 2. The number of aliphatic hydroxyl groups excluding tert-OH is 1. The molecule has 2 amide bonds. The van der Waals surface area contributed by atoms with E-state index in [1.807, 2.05) is 93.6 Å². The molecule has 0 aromatic heterocycles. The molecule has 2 aliphatic heterocycles. The lowest BCUT2D eigenvalue weighted by atomic mass is 9.98. The van der Waals surface area contributed by atoms with Crippen molar-refractivity contribution < 1.29 is 38.9 Å². The van der Waals surface area contributed by atoms with Crippen LogP contribution in [-0.2, 0) is 41.7 Å². The van der Waals surface area contributed by atoms with E-state index in [4.69, 9.17) is 19.4 Å². The Balaban J connectivity index is 1.25. The van der Waals surface area contributed by atoms with Gasteiger partial charge in [-0.05, 0) is 86.9 Å². The monoisotopic (exact) mass is 701 g/mol. The Morgan fingerprint density at radius 1 is 0.882 bits per heavy atom. The smallest absolute Gasteiger partial charge is 0.323 e. The van der Waals surface area contributed by atoms with Crippen molar-refractivity contribution in [3.63, 3.8) is 0 Å². The Bertz CT molecular complexity index is 1610. The van der Waals surface area contributed by atoms with Crippen molar-refractivity contribution in [3.05, 3.63) is 95.1 Å². The van der Waals surface area contributed by atoms with Crippen LogP contribution in [0.2, 0.25) is 0 Å². The average molecular weight is 702 g/mol. The van der Waals surface area contributed by atoms with Crippen LogP contribution in [0.4, 0.5) is 0 Å². The zero-order valence-electron chi connectivity index (χ0n) is 29.8. The molecule has 0 bridgehead atoms. The van der Waals surface area contributed by atoms with Crippen molar-refractivity contribution >= 4 is 17.8 Å². The summed E-state index contributed by atoms with van der Waals surface area (Å²) in [6.07, 6.45) is 2.81. The molecule has 0 aliphatic carbocycles. The number of esters is 1. The molecular formula is C40H51N3O8. The molecule has 11 heteroatoms. The fourth-order valence-electron chi connectivity index (χ4n) is 6.59. The van der Waals surface area contributed by atoms with Crippen molar-refractivity contribution in [2.24, 2.45) is 0 Å². The van der Waals surface area contributed by atoms with Gasteiger partial charge in [-0.3, -0.25) is 24.5 Å². The normalized spacial score (nSPS) is 20.9. The number of nitrogens with one attached hydrogen (secondary N) is 2. The van der Waals surface area contributed by atoms with E-state index in [1.165, 1.54) is 0 Å². The molecule has 4 N–H and O–H groups in total. The molecule has 2 saturated heterocycles. The van der Waals surface area contributed by atoms with Crippen LogP contribution in [0.25, 0.3) is 11.1 Å². The lowest BCUT2D eigenvalue weighted by molar-refractivity contribution is -0.253. The zero-order chi connectivity index (χ0) is 36.4. The number of rotatable bonds is 14. The quantitative estimate of drug-likeness (QED) is 0.0701. The average Bonchev–Trinajstić information content (AvgIpc) is 3.60. The highest BCUT2D eigenvalue weighted by Gasteiger charge is 2.39. The first-order chi connectivity index (χ1) is 24.5. The maximum atomic E-state index is 13.1. The van der Waals surface area contributed by atoms with Gasteiger partial charge >= 0.3 is 5.97 Å². The first-order valence-corrected chi connectivity index (χ1v) is 17.9. The summed E-state index contributed by atoms with van der Waals surface area (Å²) in [5.74, 6) is -0.735. The Labute approximate surface area is 300 Å². The third-order valence-corrected chi connectivity index (χ3v) is 9.21. The first kappa shape index (κ1) is 38.1. The third kappa shape index (κ3) is 11.2. The van der Waals surface area contributed by atoms with Gasteiger partial charge in [0.15, 0.2) is 6.29 Å². The predicted molar refractivity (Wildman–Crippen MR) is 191 cm³/mol. The van der Waals surface area contributed by atoms with Gasteiger partial charge in [-0.25, -0.2) is 5.48 Å². The van der Waals surface area contributed by atoms with Crippen LogP contribution in [0.3, 0.4) is 0 Å². The van der Waals surface area contributed by atoms with E-state index < -0.39 is 17.8 Å². The van der Waals surface area contributed by atoms with Crippen molar-refractivity contribution in [2.75, 3.05) is 13.1 Å². The number of aliphatic hydroxyl groups is 1. The van der Waals surface area contributed by atoms with Gasteiger partial charge in [-0.1, -0.05) is 66.7 Å². The lowest BCUT2D eigenvalue weighted by Gasteiger charge is -2.38. The van der Waals surface area contributed by atoms with Crippen LogP contribution < -0.4 is 10.8 Å². The van der Waals surface area contributed by atoms with Gasteiger partial charge in [0.2, 0.25) is 11.8 Å². The van der Waals surface area contributed by atoms with E-state index in [1.54, 1.807) is 5.48 Å². The largest absolute Gasteiger partial charge is 0.459 e. The maximum absolute atomic E-state index is 13.1. The molecule has 4 atom stereocenters. The second kappa shape index (κ2) is 17.9. The number of ether oxygens (including phenoxy) is 3. The number of hydrogen-bond donors (Lipinski definition) is 4. The van der Waals surface area contributed by atoms with Gasteiger partial charge < -0.3 is 24.6 Å². The van der Waals surface area contributed by atoms with Crippen LogP contribution in [-0.4, -0.2) is 63.8 Å². The van der Waals surface area contributed by atoms with Gasteiger partial charge in [0.1, 0.15) is 11.6 Å². The fraction of sp³-hybridized carbons (Fsp3) is 0.475. The summed E-state index contributed by atoms with van der Waals surface area (Å²) >= 11 is 0. The molecular weight excluding hydrogens is 650 g/mol. The van der Waals surface area contributed by atoms with Gasteiger partial charge in [0.05, 0.1) is 18.8 Å². The molecule has 11 nitrogen and oxygen atoms in total. The van der Waals surface area contributed by atoms with Gasteiger partial charge in [-0.15, -0.1) is 0 Å². The molecule has 2 heterocycles. The number of likely N-dealkylation sites (tertiary alicyclic amines) is 1. The molecule has 51 heavy (non-hydrogen) atoms. The number of hydroxylamine groups is 1. The molecule has 2 aliphatic rings. The van der Waals surface area contributed by atoms with Crippen LogP contribution in [0.5, 0.6) is 0 Å². The van der Waals surface area contributed by atoms with Gasteiger partial charge in [0.25, 0.3) is 0 Å². The maximum Gasteiger partial charge on any atom is 0.323 e. The molecule has 5 rings (SSSR count). The number of unbranched alkanes of at least 4 members (excludes halogenated alkanes) is 1. The van der Waals surface area contributed by atoms with Crippen LogP contribution >= 0.6 is 0 Å². The Hall–Kier alpha value is -4.13. The highest BCUT2D eigenvalue weighted by molar-refractivity contribution is 5.77. The first-order valence-electron chi connectivity index (χ1n) is 17.9. The molecule has 3 aromatic carbocycles. The van der Waals surface area contributed by atoms with E-state index in [0.717, 1.165) is 52.8 Å². The standard InChI is InChI=1S/C40H51N3O8/c1-40(2,3)51-38(47)34-10-7-21-43(34)25-33-23-35(30-15-13-27(26-44)14-16-30)50-39(49-33)31-19-17-29(18-20-31)32-9-6-8-28(22-32)24-41-36(45)11-4-5-12-37(46)42-48/h6,8-9,13-20,22,33-35,39,44,48H,4-5,7,10-12,21,23-26H2,1-3H3,(H,41,45)(H,42,46)/t33-,34+,35+,39+/m1/s1. The summed E-state index contributed by atoms with van der Waals surface area (Å²) in [4.78, 5) is 38.7. The zero-order valence-corrected chi connectivity index (χ0v) is 29.8. The van der Waals surface area contributed by atoms with E-state index in [0.29, 0.717) is 38.8 Å². The highest BCUT2D eigenvalue weighted by atomic mass is 16.7. The summed E-state index contributed by atoms with van der Waals surface area (Å²) in [5, 5.41) is 21.1. The molecule has 274 valence electrons. The topological polar surface area (TPSA) is 147 Å². The summed E-state index contributed by atoms with van der Waals surface area (Å²) < 4.78 is 18.9. The Morgan fingerprint density at radius 2 is 1.59 bits per heavy atom. The van der Waals surface area contributed by atoms with E-state index in [2.05, 4.69) is 10.2 Å². The minimum atomic E-state index is -0.623. The summed E-state index contributed by atoms with van der Waals surface area (Å²) in [7, 11) is 0. The van der Waals surface area contributed by atoms with E-state index >= 15 is 0 Å². The SMILES string of the molecule is CC(C)(C)OC(=O)[C@@H]1CCCN1C[C@H]1C[C@@H](c2ccc(CO)cc2)O[C@@H](c2ccc(-c3cccc(CNC(=O)CCCCC(=O)NO)c3)cc2)O1. The minimum absolute atomic E-state index is 0.0277. The molecule has 0 spiro atoms. The van der Waals surface area contributed by atoms with Gasteiger partial charge in [-0.2, -0.15) is 0 Å². The summed E-state index contributed by atoms with van der Waals surface area (Å²) in [6, 6.07) is 23.6. The molecule has 3 aromatic rings. The summed E-state index contributed by atoms with van der Waals surface area (Å²) in [5.41, 5.74) is 6.75. The van der Waals surface area contributed by atoms with Crippen LogP contribution in [0.1, 0.15) is 100 Å². The molecule has 0 unspecified atom stereocenters. The number of hydrogen-bond acceptors (Lipinski definition) is 9. The Kier molecular flexibility index (Phi) is 13.4. The minimum Gasteiger partial charge on any atom is -0.459 e. The van der Waals surface area contributed by atoms with E-state index in [-0.39, 0.29) is 43.2 Å². The lowest BCUT2D eigenvalue weighted by Crippen LogP contribution is -2.45. The number of carbonyl (C=O) groups excluding carboxylic acids is 3. The number of carbonyl (C=O) groups is 3. The second-order valence-corrected chi connectivity index (χ2v) is 14.4. The van der Waals surface area contributed by atoms with Crippen molar-refractivity contribution in [1.29, 1.82) is 0 Å². The second-order valence-electron chi connectivity index (χ2n) is 14.4. The van der Waals surface area contributed by atoms with Crippen molar-refractivity contribution in [3.8, 4) is 11.1 Å². The number of benzene rings is 3. The fourth-order valence-corrected chi connectivity index (χ4v) is 6.59. The molecule has 0 saturated carbocycles. The third-order valence-electron chi connectivity index (χ3n) is 9.21. The van der Waals surface area contributed by atoms with Crippen LogP contribution in [0.15, 0.2) is 72.8 Å². The number of nitrogens with zero attached hydrogens (tertiary/aromatic N) is 1. The van der Waals surface area contributed by atoms with Crippen LogP contribution in [0, 0.1) is 0 Å². The van der Waals surface area contributed by atoms with Crippen molar-refractivity contribution in [1.82, 2.24) is 15.7 Å². The molecule has 2 fully saturated rings. The summed E-state index contributed by atoms with van der Waals surface area (Å²) in [6.45, 7) is 7.41. The van der Waals surface area contributed by atoms with Gasteiger partial charge in [0, 0.05) is 37.9 Å². The Morgan fingerprint density at radius 3 is 2.27 bits per heavy atom. The predicted octanol–water partition coefficient (Wildman–Crippen LogP) is 5.88. The molecule has 0 radical (unpaired) electrons. The van der Waals surface area contributed by atoms with Crippen molar-refractivity contribution in [2.45, 2.75) is 109 Å².